The van der Waals surface area contributed by atoms with Crippen LogP contribution in [0.15, 0.2) is 84.9 Å². The molecule has 1 saturated heterocycles. The molecular formula is C32H37N3O4. The Morgan fingerprint density at radius 2 is 1.46 bits per heavy atom. The van der Waals surface area contributed by atoms with E-state index in [1.165, 1.54) is 10.5 Å². The van der Waals surface area contributed by atoms with E-state index in [1.54, 1.807) is 12.0 Å². The third-order valence-corrected chi connectivity index (χ3v) is 8.52. The summed E-state index contributed by atoms with van der Waals surface area (Å²) in [5.41, 5.74) is 2.37. The van der Waals surface area contributed by atoms with Crippen LogP contribution in [0.25, 0.3) is 0 Å². The Hall–Kier alpha value is -3.84. The summed E-state index contributed by atoms with van der Waals surface area (Å²) in [6, 6.07) is 27.5. The predicted octanol–water partition coefficient (Wildman–Crippen LogP) is 6.04. The molecule has 2 fully saturated rings. The zero-order chi connectivity index (χ0) is 27.5. The van der Waals surface area contributed by atoms with E-state index in [1.807, 2.05) is 60.7 Å². The van der Waals surface area contributed by atoms with E-state index < -0.39 is 11.6 Å². The molecule has 0 N–H and O–H groups in total. The molecule has 2 aliphatic rings. The Morgan fingerprint density at radius 3 is 2.05 bits per heavy atom. The Morgan fingerprint density at radius 1 is 0.846 bits per heavy atom. The number of ether oxygens (including phenoxy) is 2. The van der Waals surface area contributed by atoms with Crippen LogP contribution in [0.1, 0.15) is 42.4 Å². The largest absolute Gasteiger partial charge is 0.497 e. The highest BCUT2D eigenvalue weighted by molar-refractivity contribution is 5.94. The lowest BCUT2D eigenvalue weighted by molar-refractivity contribution is 0.0181. The van der Waals surface area contributed by atoms with Crippen molar-refractivity contribution in [1.82, 2.24) is 14.7 Å². The van der Waals surface area contributed by atoms with Crippen molar-refractivity contribution in [3.8, 4) is 5.75 Å². The second-order valence-corrected chi connectivity index (χ2v) is 10.9. The van der Waals surface area contributed by atoms with Crippen LogP contribution in [0, 0.1) is 0 Å². The summed E-state index contributed by atoms with van der Waals surface area (Å²) in [7, 11) is 5.87. The van der Waals surface area contributed by atoms with Crippen LogP contribution < -0.4 is 4.74 Å². The minimum Gasteiger partial charge on any atom is -0.497 e. The van der Waals surface area contributed by atoms with Gasteiger partial charge < -0.3 is 14.4 Å². The van der Waals surface area contributed by atoms with Crippen molar-refractivity contribution in [3.63, 3.8) is 0 Å². The molecular weight excluding hydrogens is 490 g/mol. The summed E-state index contributed by atoms with van der Waals surface area (Å²) >= 11 is 0. The molecule has 1 saturated carbocycles. The molecule has 7 nitrogen and oxygen atoms in total. The van der Waals surface area contributed by atoms with Crippen LogP contribution >= 0.6 is 0 Å². The van der Waals surface area contributed by atoms with Gasteiger partial charge in [0.05, 0.1) is 12.6 Å². The zero-order valence-corrected chi connectivity index (χ0v) is 23.0. The van der Waals surface area contributed by atoms with E-state index in [0.717, 1.165) is 29.7 Å². The highest BCUT2D eigenvalue weighted by atomic mass is 16.6. The van der Waals surface area contributed by atoms with Gasteiger partial charge in [0.2, 0.25) is 0 Å². The van der Waals surface area contributed by atoms with Gasteiger partial charge in [-0.1, -0.05) is 72.8 Å². The summed E-state index contributed by atoms with van der Waals surface area (Å²) in [6.45, 7) is 1.03. The Kier molecular flexibility index (Phi) is 7.62. The Labute approximate surface area is 230 Å². The number of hydrogen-bond donors (Lipinski definition) is 0. The van der Waals surface area contributed by atoms with E-state index >= 15 is 0 Å². The first-order chi connectivity index (χ1) is 18.9. The highest BCUT2D eigenvalue weighted by Gasteiger charge is 2.57. The lowest BCUT2D eigenvalue weighted by Gasteiger charge is -2.50. The Bertz CT molecular complexity index is 1270. The molecule has 204 valence electrons. The number of imide groups is 1. The van der Waals surface area contributed by atoms with Gasteiger partial charge in [-0.3, -0.25) is 4.90 Å². The smallest absolute Gasteiger partial charge is 0.418 e. The van der Waals surface area contributed by atoms with Gasteiger partial charge in [0.25, 0.3) is 0 Å². The number of nitrogens with zero attached hydrogens (tertiary/aromatic N) is 3. The average Bonchev–Trinajstić information content (AvgIpc) is 3.23. The van der Waals surface area contributed by atoms with Crippen LogP contribution in [0.2, 0.25) is 0 Å². The van der Waals surface area contributed by atoms with Gasteiger partial charge in [-0.05, 0) is 68.6 Å². The number of rotatable bonds is 7. The summed E-state index contributed by atoms with van der Waals surface area (Å²) < 4.78 is 11.0. The van der Waals surface area contributed by atoms with Crippen molar-refractivity contribution in [2.75, 3.05) is 27.7 Å². The standard InChI is InChI=1S/C32H37N3O4/c1-33(2)32(27-12-8-5-9-13-27)20-18-31(19-21-32)24-34(22-25-14-16-28(38-3)17-15-25)29(36)35(31)30(37)39-23-26-10-6-4-7-11-26/h4-17H,18-24H2,1-3H3. The summed E-state index contributed by atoms with van der Waals surface area (Å²) in [6.07, 6.45) is 2.49. The first-order valence-electron chi connectivity index (χ1n) is 13.5. The monoisotopic (exact) mass is 527 g/mol. The predicted molar refractivity (Wildman–Crippen MR) is 150 cm³/mol. The number of carbonyl (C=O) groups is 2. The molecule has 7 heteroatoms. The van der Waals surface area contributed by atoms with E-state index in [9.17, 15) is 9.59 Å². The number of hydrogen-bond acceptors (Lipinski definition) is 5. The quantitative estimate of drug-likeness (QED) is 0.375. The van der Waals surface area contributed by atoms with Crippen molar-refractivity contribution in [2.24, 2.45) is 0 Å². The molecule has 1 aliphatic carbocycles. The second kappa shape index (κ2) is 11.1. The molecule has 0 bridgehead atoms. The molecule has 0 radical (unpaired) electrons. The molecule has 0 unspecified atom stereocenters. The average molecular weight is 528 g/mol. The SMILES string of the molecule is COc1ccc(CN2CC3(CCC(c4ccccc4)(N(C)C)CC3)N(C(=O)OCc3ccccc3)C2=O)cc1. The molecule has 3 aromatic carbocycles. The van der Waals surface area contributed by atoms with E-state index in [0.29, 0.717) is 25.9 Å². The van der Waals surface area contributed by atoms with Gasteiger partial charge in [0.1, 0.15) is 12.4 Å². The molecule has 5 rings (SSSR count). The van der Waals surface area contributed by atoms with E-state index in [2.05, 4.69) is 43.3 Å². The molecule has 3 amide bonds. The van der Waals surface area contributed by atoms with Gasteiger partial charge in [0, 0.05) is 18.6 Å². The number of methoxy groups -OCH3 is 1. The first kappa shape index (κ1) is 26.8. The minimum atomic E-state index is -0.619. The first-order valence-corrected chi connectivity index (χ1v) is 13.5. The molecule has 1 spiro atoms. The number of amides is 3. The van der Waals surface area contributed by atoms with Crippen LogP contribution in [0.5, 0.6) is 5.75 Å². The Balaban J connectivity index is 1.41. The van der Waals surface area contributed by atoms with Crippen molar-refractivity contribution in [2.45, 2.75) is 49.9 Å². The molecule has 3 aromatic rings. The van der Waals surface area contributed by atoms with Gasteiger partial charge in [-0.15, -0.1) is 0 Å². The summed E-state index contributed by atoms with van der Waals surface area (Å²) in [5.74, 6) is 0.766. The number of urea groups is 1. The third kappa shape index (κ3) is 5.23. The fourth-order valence-corrected chi connectivity index (χ4v) is 6.22. The zero-order valence-electron chi connectivity index (χ0n) is 23.0. The summed E-state index contributed by atoms with van der Waals surface area (Å²) in [4.78, 5) is 32.9. The number of carbonyl (C=O) groups excluding carboxylic acids is 2. The fraction of sp³-hybridized carbons (Fsp3) is 0.375. The number of benzene rings is 3. The fourth-order valence-electron chi connectivity index (χ4n) is 6.22. The van der Waals surface area contributed by atoms with Gasteiger partial charge in [0.15, 0.2) is 0 Å². The maximum atomic E-state index is 13.8. The normalized spacial score (nSPS) is 22.9. The highest BCUT2D eigenvalue weighted by Crippen LogP contribution is 2.49. The van der Waals surface area contributed by atoms with Crippen molar-refractivity contribution in [3.05, 3.63) is 102 Å². The minimum absolute atomic E-state index is 0.129. The van der Waals surface area contributed by atoms with Gasteiger partial charge in [-0.25, -0.2) is 14.5 Å². The van der Waals surface area contributed by atoms with Crippen LogP contribution in [-0.4, -0.2) is 60.1 Å². The molecule has 1 aliphatic heterocycles. The second-order valence-electron chi connectivity index (χ2n) is 10.9. The van der Waals surface area contributed by atoms with Crippen LogP contribution in [-0.2, 0) is 23.4 Å². The maximum Gasteiger partial charge on any atom is 0.418 e. The van der Waals surface area contributed by atoms with Crippen LogP contribution in [0.3, 0.4) is 0 Å². The maximum absolute atomic E-state index is 13.8. The van der Waals surface area contributed by atoms with Crippen LogP contribution in [0.4, 0.5) is 9.59 Å². The third-order valence-electron chi connectivity index (χ3n) is 8.52. The van der Waals surface area contributed by atoms with E-state index in [-0.39, 0.29) is 18.2 Å². The molecule has 0 atom stereocenters. The van der Waals surface area contributed by atoms with Gasteiger partial charge in [-0.2, -0.15) is 0 Å². The summed E-state index contributed by atoms with van der Waals surface area (Å²) in [5, 5.41) is 0. The van der Waals surface area contributed by atoms with Crippen molar-refractivity contribution in [1.29, 1.82) is 0 Å². The van der Waals surface area contributed by atoms with Gasteiger partial charge >= 0.3 is 12.1 Å². The molecule has 39 heavy (non-hydrogen) atoms. The van der Waals surface area contributed by atoms with Crippen molar-refractivity contribution >= 4 is 12.1 Å². The van der Waals surface area contributed by atoms with Crippen molar-refractivity contribution < 1.29 is 19.1 Å². The topological polar surface area (TPSA) is 62.3 Å². The van der Waals surface area contributed by atoms with E-state index in [4.69, 9.17) is 9.47 Å². The lowest BCUT2D eigenvalue weighted by atomic mass is 9.68. The molecule has 0 aromatic heterocycles. The lowest BCUT2D eigenvalue weighted by Crippen LogP contribution is -2.57. The molecule has 1 heterocycles.